The molecule has 0 spiro atoms. The van der Waals surface area contributed by atoms with Crippen LogP contribution in [0.1, 0.15) is 111 Å². The Balaban J connectivity index is 0.000000215. The van der Waals surface area contributed by atoms with E-state index < -0.39 is 11.9 Å². The van der Waals surface area contributed by atoms with Gasteiger partial charge in [-0.05, 0) is 99.1 Å². The van der Waals surface area contributed by atoms with E-state index in [1.165, 1.54) is 6.07 Å². The van der Waals surface area contributed by atoms with Crippen molar-refractivity contribution >= 4 is 29.2 Å². The molecule has 3 aliphatic rings. The molecule has 6 aromatic rings. The van der Waals surface area contributed by atoms with Gasteiger partial charge in [-0.3, -0.25) is 23.7 Å². The maximum Gasteiger partial charge on any atom is 0.298 e. The summed E-state index contributed by atoms with van der Waals surface area (Å²) in [5.41, 5.74) is 6.43. The number of piperidine rings is 1. The molecule has 6 heterocycles. The highest BCUT2D eigenvalue weighted by molar-refractivity contribution is 5.92. The molecule has 0 radical (unpaired) electrons. The van der Waals surface area contributed by atoms with Gasteiger partial charge in [0.05, 0.1) is 34.6 Å². The van der Waals surface area contributed by atoms with E-state index >= 15 is 0 Å². The standard InChI is InChI=1S/C30H40N6O5.C22H17N3O5.C2H6/c1-6-31-30(40)29-33-32-28(24-17-23(19(2)3)25(37)18-26(24)38)36(29)20-7-9-21(10-8-20)41-22-11-15-35(16-12-22)27(39)13-14-34(4)5;1-3-13-14-6-12(30-10-26)4-5-18(14)23-21-16(13)8-25-19(21)7-15-17(22(25)27)9-29-11(2)20(15)24-28;1-2/h7-10,17-19,22,37-38H,6,11-16H2,1-5H3,(H,31,40);4-7,10,20H,2-3,8-9H2,1H3;1-2H3. The first-order valence-corrected chi connectivity index (χ1v) is 24.6. The number of phenolic OH excluding ortho intramolecular Hbond substituents is 2. The lowest BCUT2D eigenvalue weighted by Crippen LogP contribution is -2.42. The highest BCUT2D eigenvalue weighted by atomic mass is 16.5. The van der Waals surface area contributed by atoms with E-state index in [1.807, 2.05) is 95.8 Å². The maximum absolute atomic E-state index is 13.2. The van der Waals surface area contributed by atoms with Gasteiger partial charge in [-0.25, -0.2) is 4.98 Å². The van der Waals surface area contributed by atoms with Crippen molar-refractivity contribution in [1.29, 1.82) is 0 Å². The molecule has 3 aromatic carbocycles. The number of carbonyl (C=O) groups excluding carboxylic acids is 3. The molecule has 19 nitrogen and oxygen atoms in total. The van der Waals surface area contributed by atoms with E-state index in [1.54, 1.807) is 33.4 Å². The monoisotopic (exact) mass is 997 g/mol. The zero-order valence-corrected chi connectivity index (χ0v) is 42.6. The SMILES string of the molecule is C=C1OCc2c(cc3n(c2=O)Cc2c-3nc3ccc(OC=O)cc3c2CC)C1N=O.CC.CCNC(=O)c1nnc(-c2cc(C(C)C)c(O)cc2O)n1-c1ccc(OC2CCN(C(=O)CCN(C)C)CC2)cc1. The first kappa shape index (κ1) is 52.9. The van der Waals surface area contributed by atoms with E-state index in [4.69, 9.17) is 19.2 Å². The molecule has 1 fully saturated rings. The Labute approximate surface area is 423 Å². The second-order valence-electron chi connectivity index (χ2n) is 18.2. The van der Waals surface area contributed by atoms with Crippen LogP contribution in [0, 0.1) is 4.91 Å². The molecule has 0 bridgehead atoms. The number of aromatic hydroxyl groups is 2. The molecule has 0 aliphatic carbocycles. The van der Waals surface area contributed by atoms with Gasteiger partial charge in [-0.1, -0.05) is 46.4 Å². The molecule has 1 atom stereocenters. The molecule has 3 N–H and O–H groups in total. The quantitative estimate of drug-likeness (QED) is 0.0694. The van der Waals surface area contributed by atoms with Crippen LogP contribution >= 0.6 is 0 Å². The van der Waals surface area contributed by atoms with Crippen LogP contribution < -0.4 is 20.3 Å². The summed E-state index contributed by atoms with van der Waals surface area (Å²) < 4.78 is 19.9. The van der Waals surface area contributed by atoms with Crippen molar-refractivity contribution in [2.45, 2.75) is 98.4 Å². The first-order valence-electron chi connectivity index (χ1n) is 24.6. The molecule has 1 unspecified atom stereocenters. The lowest BCUT2D eigenvalue weighted by atomic mass is 9.96. The predicted molar refractivity (Wildman–Crippen MR) is 276 cm³/mol. The van der Waals surface area contributed by atoms with Crippen LogP contribution in [0.3, 0.4) is 0 Å². The van der Waals surface area contributed by atoms with Gasteiger partial charge in [0.15, 0.2) is 11.9 Å². The van der Waals surface area contributed by atoms with Crippen LogP contribution in [0.2, 0.25) is 0 Å². The fraction of sp³-hybridized carbons (Fsp3) is 0.389. The molecule has 3 aromatic heterocycles. The van der Waals surface area contributed by atoms with Crippen molar-refractivity contribution in [2.75, 3.05) is 40.3 Å². The van der Waals surface area contributed by atoms with Crippen LogP contribution in [0.15, 0.2) is 83.0 Å². The van der Waals surface area contributed by atoms with Gasteiger partial charge >= 0.3 is 0 Å². The number of fused-ring (bicyclic) bond motifs is 5. The van der Waals surface area contributed by atoms with E-state index in [0.717, 1.165) is 41.4 Å². The summed E-state index contributed by atoms with van der Waals surface area (Å²) in [6, 6.07) is 16.4. The predicted octanol–water partition coefficient (Wildman–Crippen LogP) is 7.94. The van der Waals surface area contributed by atoms with Gasteiger partial charge in [-0.2, -0.15) is 0 Å². The van der Waals surface area contributed by atoms with Gasteiger partial charge in [-0.15, -0.1) is 15.1 Å². The number of ether oxygens (including phenoxy) is 3. The zero-order chi connectivity index (χ0) is 52.7. The normalized spacial score (nSPS) is 14.7. The smallest absolute Gasteiger partial charge is 0.298 e. The third-order valence-electron chi connectivity index (χ3n) is 13.0. The van der Waals surface area contributed by atoms with Gasteiger partial charge in [0.2, 0.25) is 11.7 Å². The summed E-state index contributed by atoms with van der Waals surface area (Å²) in [5.74, 6) is 1.27. The number of nitrogens with zero attached hydrogens (tertiary/aromatic N) is 8. The minimum atomic E-state index is -0.912. The number of carbonyl (C=O) groups is 3. The number of benzene rings is 3. The van der Waals surface area contributed by atoms with Crippen LogP contribution in [0.25, 0.3) is 39.4 Å². The fourth-order valence-corrected chi connectivity index (χ4v) is 9.30. The molecule has 384 valence electrons. The number of nitrogens with one attached hydrogen (secondary N) is 1. The number of hydrogen-bond acceptors (Lipinski definition) is 15. The lowest BCUT2D eigenvalue weighted by Gasteiger charge is -2.32. The third kappa shape index (κ3) is 11.0. The van der Waals surface area contributed by atoms with Crippen LogP contribution in [0.5, 0.6) is 23.0 Å². The minimum Gasteiger partial charge on any atom is -0.508 e. The van der Waals surface area contributed by atoms with Crippen molar-refractivity contribution in [2.24, 2.45) is 5.18 Å². The molecule has 0 saturated carbocycles. The summed E-state index contributed by atoms with van der Waals surface area (Å²) in [4.78, 5) is 69.4. The second-order valence-corrected chi connectivity index (χ2v) is 18.2. The number of hydrogen-bond donors (Lipinski definition) is 3. The summed E-state index contributed by atoms with van der Waals surface area (Å²) in [6.07, 6.45) is 2.74. The van der Waals surface area contributed by atoms with Crippen LogP contribution in [0.4, 0.5) is 0 Å². The fourth-order valence-electron chi connectivity index (χ4n) is 9.30. The molecule has 1 saturated heterocycles. The maximum atomic E-state index is 13.2. The summed E-state index contributed by atoms with van der Waals surface area (Å²) in [6.45, 7) is 18.8. The van der Waals surface area contributed by atoms with E-state index in [9.17, 15) is 34.3 Å². The number of aromatic nitrogens is 5. The lowest BCUT2D eigenvalue weighted by molar-refractivity contribution is -0.133. The van der Waals surface area contributed by atoms with Gasteiger partial charge in [0, 0.05) is 73.7 Å². The van der Waals surface area contributed by atoms with Gasteiger partial charge in [0.1, 0.15) is 41.5 Å². The highest BCUT2D eigenvalue weighted by Crippen LogP contribution is 2.42. The molecule has 3 aliphatic heterocycles. The second kappa shape index (κ2) is 23.1. The number of rotatable bonds is 14. The average molecular weight is 998 g/mol. The number of phenols is 2. The van der Waals surface area contributed by atoms with Crippen molar-refractivity contribution in [3.8, 4) is 51.5 Å². The molecular formula is C54H63N9O10. The molecular weight excluding hydrogens is 935 g/mol. The number of amides is 2. The van der Waals surface area contributed by atoms with E-state index in [0.29, 0.717) is 96.3 Å². The Morgan fingerprint density at radius 1 is 0.986 bits per heavy atom. The molecule has 73 heavy (non-hydrogen) atoms. The Morgan fingerprint density at radius 2 is 1.70 bits per heavy atom. The number of likely N-dealkylation sites (tertiary alicyclic amines) is 1. The van der Waals surface area contributed by atoms with Crippen molar-refractivity contribution < 1.29 is 38.8 Å². The number of aryl methyl sites for hydroxylation is 1. The average Bonchev–Trinajstić information content (AvgIpc) is 3.99. The topological polar surface area (TPSA) is 233 Å². The van der Waals surface area contributed by atoms with E-state index in [-0.39, 0.29) is 59.0 Å². The van der Waals surface area contributed by atoms with Crippen molar-refractivity contribution in [3.63, 3.8) is 0 Å². The molecule has 9 rings (SSSR count). The molecule has 19 heteroatoms. The Bertz CT molecular complexity index is 3100. The van der Waals surface area contributed by atoms with Gasteiger partial charge in [0.25, 0.3) is 17.9 Å². The molecule has 2 amide bonds. The minimum absolute atomic E-state index is 0.00138. The van der Waals surface area contributed by atoms with Crippen molar-refractivity contribution in [3.05, 3.63) is 122 Å². The third-order valence-corrected chi connectivity index (χ3v) is 13.0. The Morgan fingerprint density at radius 3 is 2.34 bits per heavy atom. The van der Waals surface area contributed by atoms with Crippen molar-refractivity contribution in [1.82, 2.24) is 39.4 Å². The number of pyridine rings is 2. The highest BCUT2D eigenvalue weighted by Gasteiger charge is 2.34. The zero-order valence-electron chi connectivity index (χ0n) is 42.6. The summed E-state index contributed by atoms with van der Waals surface area (Å²) in [5, 5.41) is 36.2. The number of nitroso groups, excluding NO2 is 1. The Hall–Kier alpha value is -7.93. The summed E-state index contributed by atoms with van der Waals surface area (Å²) >= 11 is 0. The van der Waals surface area contributed by atoms with Crippen LogP contribution in [-0.4, -0.2) is 109 Å². The summed E-state index contributed by atoms with van der Waals surface area (Å²) in [7, 11) is 3.92. The Kier molecular flexibility index (Phi) is 16.7. The van der Waals surface area contributed by atoms with Crippen LogP contribution in [-0.2, 0) is 33.9 Å². The largest absolute Gasteiger partial charge is 0.508 e. The first-order chi connectivity index (χ1) is 35.1. The van der Waals surface area contributed by atoms with Gasteiger partial charge < -0.3 is 44.1 Å². The van der Waals surface area contributed by atoms with E-state index in [2.05, 4.69) is 27.3 Å².